The predicted octanol–water partition coefficient (Wildman–Crippen LogP) is 6.34. The van der Waals surface area contributed by atoms with Gasteiger partial charge < -0.3 is 4.57 Å². The van der Waals surface area contributed by atoms with Crippen LogP contribution in [0.15, 0.2) is 78.0 Å². The van der Waals surface area contributed by atoms with E-state index in [0.717, 1.165) is 27.6 Å². The molecule has 0 unspecified atom stereocenters. The summed E-state index contributed by atoms with van der Waals surface area (Å²) >= 11 is 18.1. The Kier molecular flexibility index (Phi) is 6.62. The summed E-state index contributed by atoms with van der Waals surface area (Å²) in [5, 5.41) is 6.89. The second-order valence-corrected chi connectivity index (χ2v) is 8.33. The first-order valence-corrected chi connectivity index (χ1v) is 10.7. The molecule has 4 rings (SSSR count). The Balaban J connectivity index is 1.50. The maximum Gasteiger partial charge on any atom is 0.244 e. The van der Waals surface area contributed by atoms with Gasteiger partial charge in [-0.05, 0) is 41.5 Å². The average Bonchev–Trinajstić information content (AvgIpc) is 3.10. The van der Waals surface area contributed by atoms with Gasteiger partial charge in [0.1, 0.15) is 0 Å². The number of rotatable bonds is 6. The summed E-state index contributed by atoms with van der Waals surface area (Å²) in [5.41, 5.74) is 6.46. The van der Waals surface area contributed by atoms with Crippen LogP contribution in [0.1, 0.15) is 16.7 Å². The normalized spacial score (nSPS) is 11.3. The van der Waals surface area contributed by atoms with Crippen molar-refractivity contribution in [3.8, 4) is 0 Å². The van der Waals surface area contributed by atoms with Crippen LogP contribution in [0.2, 0.25) is 15.1 Å². The van der Waals surface area contributed by atoms with E-state index < -0.39 is 0 Å². The number of fused-ring (bicyclic) bond motifs is 1. The summed E-state index contributed by atoms with van der Waals surface area (Å²) in [6.45, 7) is 0.633. The first-order chi connectivity index (χ1) is 15.0. The fourth-order valence-corrected chi connectivity index (χ4v) is 3.79. The topological polar surface area (TPSA) is 46.4 Å². The molecule has 0 aliphatic heterocycles. The van der Waals surface area contributed by atoms with Gasteiger partial charge in [-0.3, -0.25) is 4.79 Å². The molecular weight excluding hydrogens is 453 g/mol. The number of carbonyl (C=O) groups is 1. The monoisotopic (exact) mass is 469 g/mol. The summed E-state index contributed by atoms with van der Waals surface area (Å²) < 4.78 is 2.12. The molecule has 3 aromatic carbocycles. The quantitative estimate of drug-likeness (QED) is 0.259. The fraction of sp³-hybridized carbons (Fsp3) is 0.0833. The van der Waals surface area contributed by atoms with Crippen LogP contribution in [0.3, 0.4) is 0 Å². The van der Waals surface area contributed by atoms with Crippen molar-refractivity contribution in [3.63, 3.8) is 0 Å². The Morgan fingerprint density at radius 2 is 1.68 bits per heavy atom. The van der Waals surface area contributed by atoms with E-state index in [4.69, 9.17) is 34.8 Å². The summed E-state index contributed by atoms with van der Waals surface area (Å²) in [5.74, 6) is -0.196. The zero-order valence-electron chi connectivity index (χ0n) is 16.4. The van der Waals surface area contributed by atoms with Crippen molar-refractivity contribution < 1.29 is 4.79 Å². The van der Waals surface area contributed by atoms with E-state index in [2.05, 4.69) is 15.1 Å². The molecule has 31 heavy (non-hydrogen) atoms. The summed E-state index contributed by atoms with van der Waals surface area (Å²) in [6.07, 6.45) is 3.89. The Morgan fingerprint density at radius 3 is 2.45 bits per heavy atom. The van der Waals surface area contributed by atoms with Crippen molar-refractivity contribution in [3.05, 3.63) is 105 Å². The van der Waals surface area contributed by atoms with Gasteiger partial charge in [0.15, 0.2) is 0 Å². The Bertz CT molecular complexity index is 1260. The molecule has 1 aromatic heterocycles. The predicted molar refractivity (Wildman–Crippen MR) is 128 cm³/mol. The van der Waals surface area contributed by atoms with Crippen molar-refractivity contribution in [2.45, 2.75) is 13.0 Å². The number of hydrazone groups is 1. The third kappa shape index (κ3) is 5.28. The van der Waals surface area contributed by atoms with Crippen LogP contribution in [0.4, 0.5) is 0 Å². The minimum Gasteiger partial charge on any atom is -0.342 e. The van der Waals surface area contributed by atoms with Crippen molar-refractivity contribution in [2.75, 3.05) is 0 Å². The van der Waals surface area contributed by atoms with Gasteiger partial charge in [-0.25, -0.2) is 5.43 Å². The number of carbonyl (C=O) groups excluding carboxylic acids is 1. The van der Waals surface area contributed by atoms with Crippen LogP contribution >= 0.6 is 34.8 Å². The molecule has 0 aliphatic rings. The van der Waals surface area contributed by atoms with Crippen LogP contribution in [-0.2, 0) is 17.8 Å². The maximum absolute atomic E-state index is 12.2. The number of hydrogen-bond acceptors (Lipinski definition) is 2. The molecule has 0 aliphatic carbocycles. The van der Waals surface area contributed by atoms with Crippen molar-refractivity contribution in [1.82, 2.24) is 9.99 Å². The second-order valence-electron chi connectivity index (χ2n) is 7.07. The summed E-state index contributed by atoms with van der Waals surface area (Å²) in [6, 6.07) is 20.8. The number of nitrogens with one attached hydrogen (secondary N) is 1. The molecule has 0 saturated heterocycles. The molecule has 7 heteroatoms. The van der Waals surface area contributed by atoms with Crippen LogP contribution in [-0.4, -0.2) is 16.7 Å². The third-order valence-corrected chi connectivity index (χ3v) is 5.82. The van der Waals surface area contributed by atoms with E-state index in [0.29, 0.717) is 21.6 Å². The molecule has 0 fully saturated rings. The molecular formula is C24H18Cl3N3O. The first kappa shape index (κ1) is 21.4. The lowest BCUT2D eigenvalue weighted by atomic mass is 10.1. The van der Waals surface area contributed by atoms with Crippen LogP contribution < -0.4 is 5.43 Å². The number of para-hydroxylation sites is 1. The lowest BCUT2D eigenvalue weighted by molar-refractivity contribution is -0.120. The van der Waals surface area contributed by atoms with Crippen molar-refractivity contribution in [2.24, 2.45) is 5.10 Å². The highest BCUT2D eigenvalue weighted by Crippen LogP contribution is 2.25. The highest BCUT2D eigenvalue weighted by Gasteiger charge is 2.09. The second kappa shape index (κ2) is 9.56. The molecule has 4 nitrogen and oxygen atoms in total. The highest BCUT2D eigenvalue weighted by atomic mass is 35.5. The van der Waals surface area contributed by atoms with E-state index >= 15 is 0 Å². The molecule has 156 valence electrons. The minimum absolute atomic E-state index is 0.196. The third-order valence-electron chi connectivity index (χ3n) is 4.83. The van der Waals surface area contributed by atoms with Gasteiger partial charge in [0.2, 0.25) is 5.91 Å². The summed E-state index contributed by atoms with van der Waals surface area (Å²) in [7, 11) is 0. The molecule has 4 aromatic rings. The number of aromatic nitrogens is 1. The zero-order valence-corrected chi connectivity index (χ0v) is 18.6. The van der Waals surface area contributed by atoms with E-state index in [1.807, 2.05) is 54.7 Å². The average molecular weight is 471 g/mol. The van der Waals surface area contributed by atoms with Crippen LogP contribution in [0.5, 0.6) is 0 Å². The number of amides is 1. The first-order valence-electron chi connectivity index (χ1n) is 9.58. The van der Waals surface area contributed by atoms with Crippen LogP contribution in [0, 0.1) is 0 Å². The van der Waals surface area contributed by atoms with E-state index in [1.54, 1.807) is 24.4 Å². The highest BCUT2D eigenvalue weighted by molar-refractivity contribution is 6.42. The van der Waals surface area contributed by atoms with Gasteiger partial charge in [0.25, 0.3) is 0 Å². The Labute approximate surface area is 195 Å². The Hall–Kier alpha value is -2.79. The van der Waals surface area contributed by atoms with Crippen molar-refractivity contribution >= 4 is 57.8 Å². The number of benzene rings is 3. The number of nitrogens with zero attached hydrogens (tertiary/aromatic N) is 2. The molecule has 0 radical (unpaired) electrons. The van der Waals surface area contributed by atoms with E-state index in [9.17, 15) is 4.79 Å². The molecule has 1 amide bonds. The van der Waals surface area contributed by atoms with Gasteiger partial charge in [-0.2, -0.15) is 5.10 Å². The molecule has 0 atom stereocenters. The standard InChI is InChI=1S/C24H18Cl3N3O/c25-19-8-5-16(6-9-19)12-24(31)29-28-13-18-15-30(23-4-2-1-3-20(18)23)14-17-7-10-21(26)22(27)11-17/h1-11,13,15H,12,14H2,(H,29,31)/b28-13-. The van der Waals surface area contributed by atoms with E-state index in [1.165, 1.54) is 0 Å². The maximum atomic E-state index is 12.2. The lowest BCUT2D eigenvalue weighted by Gasteiger charge is -2.06. The van der Waals surface area contributed by atoms with Crippen LogP contribution in [0.25, 0.3) is 10.9 Å². The molecule has 0 spiro atoms. The van der Waals surface area contributed by atoms with Gasteiger partial charge in [0, 0.05) is 34.2 Å². The lowest BCUT2D eigenvalue weighted by Crippen LogP contribution is -2.19. The molecule has 0 saturated carbocycles. The summed E-state index contributed by atoms with van der Waals surface area (Å²) in [4.78, 5) is 12.2. The number of halogens is 3. The van der Waals surface area contributed by atoms with E-state index in [-0.39, 0.29) is 12.3 Å². The smallest absolute Gasteiger partial charge is 0.244 e. The van der Waals surface area contributed by atoms with Crippen molar-refractivity contribution in [1.29, 1.82) is 0 Å². The van der Waals surface area contributed by atoms with Gasteiger partial charge in [0.05, 0.1) is 22.7 Å². The van der Waals surface area contributed by atoms with Gasteiger partial charge in [-0.1, -0.05) is 71.2 Å². The molecule has 1 heterocycles. The number of hydrogen-bond donors (Lipinski definition) is 1. The Morgan fingerprint density at radius 1 is 0.935 bits per heavy atom. The SMILES string of the molecule is O=C(Cc1ccc(Cl)cc1)N/N=C\c1cn(Cc2ccc(Cl)c(Cl)c2)c2ccccc12. The van der Waals surface area contributed by atoms with Gasteiger partial charge >= 0.3 is 0 Å². The zero-order chi connectivity index (χ0) is 21.8. The fourth-order valence-electron chi connectivity index (χ4n) is 3.34. The molecule has 0 bridgehead atoms. The largest absolute Gasteiger partial charge is 0.342 e. The molecule has 1 N–H and O–H groups in total. The van der Waals surface area contributed by atoms with Gasteiger partial charge in [-0.15, -0.1) is 0 Å². The minimum atomic E-state index is -0.196.